The van der Waals surface area contributed by atoms with Crippen LogP contribution in [0.2, 0.25) is 10.0 Å². The maximum absolute atomic E-state index is 5.96. The summed E-state index contributed by atoms with van der Waals surface area (Å²) in [6.07, 6.45) is 1.67. The Morgan fingerprint density at radius 2 is 2.08 bits per heavy atom. The van der Waals surface area contributed by atoms with Crippen LogP contribution >= 0.6 is 23.2 Å². The van der Waals surface area contributed by atoms with E-state index >= 15 is 0 Å². The van der Waals surface area contributed by atoms with Crippen LogP contribution in [0.1, 0.15) is 17.2 Å². The molecule has 0 aliphatic rings. The molecule has 0 aliphatic carbocycles. The highest BCUT2D eigenvalue weighted by atomic mass is 35.5. The summed E-state index contributed by atoms with van der Waals surface area (Å²) in [5.74, 6) is 0. The largest absolute Gasteiger partial charge is 0.321 e. The number of nitrogens with two attached hydrogens (primary N) is 1. The molecule has 1 aromatic rings. The molecule has 0 aliphatic heterocycles. The van der Waals surface area contributed by atoms with Crippen molar-refractivity contribution in [3.63, 3.8) is 0 Å². The summed E-state index contributed by atoms with van der Waals surface area (Å²) in [6.45, 7) is 5.52. The standard InChI is InChI=1S/C10H11Cl2N/c1-3-9(13)7-4-5-8(11)10(12)6(7)2/h3-5,9H,1,13H2,2H3/t9-/m1/s1. The number of rotatable bonds is 2. The molecule has 0 spiro atoms. The molecule has 1 rings (SSSR count). The van der Waals surface area contributed by atoms with Crippen molar-refractivity contribution in [3.8, 4) is 0 Å². The Kier molecular flexibility index (Phi) is 3.37. The van der Waals surface area contributed by atoms with Gasteiger partial charge in [-0.2, -0.15) is 0 Å². The molecule has 3 heteroatoms. The third-order valence-corrected chi connectivity index (χ3v) is 2.89. The summed E-state index contributed by atoms with van der Waals surface area (Å²) in [5.41, 5.74) is 7.67. The molecule has 1 nitrogen and oxygen atoms in total. The van der Waals surface area contributed by atoms with Crippen LogP contribution in [0.25, 0.3) is 0 Å². The Morgan fingerprint density at radius 3 is 2.62 bits per heavy atom. The van der Waals surface area contributed by atoms with E-state index in [0.29, 0.717) is 10.0 Å². The zero-order valence-corrected chi connectivity index (χ0v) is 8.86. The first-order chi connectivity index (χ1) is 6.07. The van der Waals surface area contributed by atoms with Crippen molar-refractivity contribution in [2.75, 3.05) is 0 Å². The summed E-state index contributed by atoms with van der Waals surface area (Å²) < 4.78 is 0. The lowest BCUT2D eigenvalue weighted by molar-refractivity contribution is 0.902. The lowest BCUT2D eigenvalue weighted by Crippen LogP contribution is -2.08. The fourth-order valence-corrected chi connectivity index (χ4v) is 1.53. The van der Waals surface area contributed by atoms with Crippen molar-refractivity contribution < 1.29 is 0 Å². The van der Waals surface area contributed by atoms with Gasteiger partial charge in [0, 0.05) is 6.04 Å². The summed E-state index contributed by atoms with van der Waals surface area (Å²) in [5, 5.41) is 1.12. The fraction of sp³-hybridized carbons (Fsp3) is 0.200. The maximum Gasteiger partial charge on any atom is 0.0624 e. The Morgan fingerprint density at radius 1 is 1.46 bits per heavy atom. The van der Waals surface area contributed by atoms with Crippen LogP contribution in [-0.2, 0) is 0 Å². The van der Waals surface area contributed by atoms with Gasteiger partial charge in [0.2, 0.25) is 0 Å². The molecule has 0 fully saturated rings. The topological polar surface area (TPSA) is 26.0 Å². The van der Waals surface area contributed by atoms with Gasteiger partial charge in [-0.25, -0.2) is 0 Å². The van der Waals surface area contributed by atoms with Gasteiger partial charge < -0.3 is 5.73 Å². The van der Waals surface area contributed by atoms with Crippen LogP contribution in [0.4, 0.5) is 0 Å². The van der Waals surface area contributed by atoms with E-state index in [1.54, 1.807) is 12.1 Å². The zero-order chi connectivity index (χ0) is 10.0. The zero-order valence-electron chi connectivity index (χ0n) is 7.35. The molecule has 0 heterocycles. The van der Waals surface area contributed by atoms with Crippen LogP contribution in [0.3, 0.4) is 0 Å². The average molecular weight is 216 g/mol. The predicted molar refractivity (Wildman–Crippen MR) is 58.3 cm³/mol. The summed E-state index contributed by atoms with van der Waals surface area (Å²) in [4.78, 5) is 0. The van der Waals surface area contributed by atoms with Crippen molar-refractivity contribution in [2.24, 2.45) is 5.73 Å². The second-order valence-corrected chi connectivity index (χ2v) is 3.62. The van der Waals surface area contributed by atoms with E-state index in [1.807, 2.05) is 13.0 Å². The fourth-order valence-electron chi connectivity index (χ4n) is 1.16. The van der Waals surface area contributed by atoms with Gasteiger partial charge in [-0.1, -0.05) is 35.3 Å². The van der Waals surface area contributed by atoms with E-state index in [0.717, 1.165) is 11.1 Å². The second-order valence-electron chi connectivity index (χ2n) is 2.84. The minimum absolute atomic E-state index is 0.185. The van der Waals surface area contributed by atoms with Crippen LogP contribution in [0.15, 0.2) is 24.8 Å². The van der Waals surface area contributed by atoms with Crippen LogP contribution in [0, 0.1) is 6.92 Å². The van der Waals surface area contributed by atoms with Crippen molar-refractivity contribution >= 4 is 23.2 Å². The predicted octanol–water partition coefficient (Wildman–Crippen LogP) is 3.49. The van der Waals surface area contributed by atoms with Gasteiger partial charge in [0.1, 0.15) is 0 Å². The highest BCUT2D eigenvalue weighted by Gasteiger charge is 2.09. The van der Waals surface area contributed by atoms with Gasteiger partial charge in [-0.05, 0) is 24.1 Å². The monoisotopic (exact) mass is 215 g/mol. The molecule has 0 aromatic heterocycles. The average Bonchev–Trinajstić information content (AvgIpc) is 2.13. The van der Waals surface area contributed by atoms with E-state index in [9.17, 15) is 0 Å². The highest BCUT2D eigenvalue weighted by Crippen LogP contribution is 2.30. The summed E-state index contributed by atoms with van der Waals surface area (Å²) in [7, 11) is 0. The third-order valence-electron chi connectivity index (χ3n) is 1.99. The van der Waals surface area contributed by atoms with Gasteiger partial charge >= 0.3 is 0 Å². The molecular formula is C10H11Cl2N. The molecule has 0 amide bonds. The molecule has 1 aromatic carbocycles. The van der Waals surface area contributed by atoms with Crippen molar-refractivity contribution in [1.29, 1.82) is 0 Å². The summed E-state index contributed by atoms with van der Waals surface area (Å²) in [6, 6.07) is 3.43. The maximum atomic E-state index is 5.96. The van der Waals surface area contributed by atoms with Crippen LogP contribution < -0.4 is 5.73 Å². The van der Waals surface area contributed by atoms with Crippen molar-refractivity contribution in [2.45, 2.75) is 13.0 Å². The van der Waals surface area contributed by atoms with Gasteiger partial charge in [-0.15, -0.1) is 6.58 Å². The van der Waals surface area contributed by atoms with Crippen molar-refractivity contribution in [1.82, 2.24) is 0 Å². The molecule has 1 atom stereocenters. The number of benzene rings is 1. The Hall–Kier alpha value is -0.500. The van der Waals surface area contributed by atoms with Gasteiger partial charge in [0.25, 0.3) is 0 Å². The quantitative estimate of drug-likeness (QED) is 0.752. The smallest absolute Gasteiger partial charge is 0.0624 e. The molecule has 0 saturated carbocycles. The normalized spacial score (nSPS) is 12.6. The Labute approximate surface area is 88.1 Å². The number of hydrogen-bond acceptors (Lipinski definition) is 1. The Bertz CT molecular complexity index is 334. The van der Waals surface area contributed by atoms with E-state index in [2.05, 4.69) is 6.58 Å². The molecule has 0 bridgehead atoms. The van der Waals surface area contributed by atoms with E-state index in [1.165, 1.54) is 0 Å². The van der Waals surface area contributed by atoms with Crippen LogP contribution in [0.5, 0.6) is 0 Å². The first-order valence-electron chi connectivity index (χ1n) is 3.90. The molecule has 0 saturated heterocycles. The van der Waals surface area contributed by atoms with E-state index in [4.69, 9.17) is 28.9 Å². The first kappa shape index (κ1) is 10.6. The lowest BCUT2D eigenvalue weighted by atomic mass is 10.0. The third kappa shape index (κ3) is 2.05. The van der Waals surface area contributed by atoms with E-state index < -0.39 is 0 Å². The van der Waals surface area contributed by atoms with E-state index in [-0.39, 0.29) is 6.04 Å². The molecule has 2 N–H and O–H groups in total. The number of hydrogen-bond donors (Lipinski definition) is 1. The van der Waals surface area contributed by atoms with Gasteiger partial charge in [0.15, 0.2) is 0 Å². The van der Waals surface area contributed by atoms with Crippen molar-refractivity contribution in [3.05, 3.63) is 46.0 Å². The Balaban J connectivity index is 3.25. The summed E-state index contributed by atoms with van der Waals surface area (Å²) >= 11 is 11.8. The second kappa shape index (κ2) is 4.14. The van der Waals surface area contributed by atoms with Gasteiger partial charge in [-0.3, -0.25) is 0 Å². The molecular weight excluding hydrogens is 205 g/mol. The first-order valence-corrected chi connectivity index (χ1v) is 4.66. The molecule has 13 heavy (non-hydrogen) atoms. The number of halogens is 2. The lowest BCUT2D eigenvalue weighted by Gasteiger charge is -2.12. The highest BCUT2D eigenvalue weighted by molar-refractivity contribution is 6.42. The van der Waals surface area contributed by atoms with Gasteiger partial charge in [0.05, 0.1) is 10.0 Å². The van der Waals surface area contributed by atoms with Crippen LogP contribution in [-0.4, -0.2) is 0 Å². The molecule has 0 radical (unpaired) electrons. The minimum Gasteiger partial charge on any atom is -0.321 e. The SMILES string of the molecule is C=C[C@@H](N)c1ccc(Cl)c(Cl)c1C. The molecule has 0 unspecified atom stereocenters. The minimum atomic E-state index is -0.185. The molecule has 70 valence electrons.